The highest BCUT2D eigenvalue weighted by molar-refractivity contribution is 6.35. The van der Waals surface area contributed by atoms with Gasteiger partial charge in [-0.15, -0.1) is 0 Å². The molecule has 1 atom stereocenters. The number of amides is 2. The third kappa shape index (κ3) is 5.03. The van der Waals surface area contributed by atoms with E-state index in [1.54, 1.807) is 29.2 Å². The van der Waals surface area contributed by atoms with E-state index < -0.39 is 0 Å². The van der Waals surface area contributed by atoms with Crippen LogP contribution in [0.5, 0.6) is 0 Å². The van der Waals surface area contributed by atoms with Crippen molar-refractivity contribution in [1.82, 2.24) is 15.1 Å². The minimum absolute atomic E-state index is 0.0840. The van der Waals surface area contributed by atoms with Crippen LogP contribution in [0.25, 0.3) is 0 Å². The average Bonchev–Trinajstić information content (AvgIpc) is 3.16. The van der Waals surface area contributed by atoms with Crippen molar-refractivity contribution in [2.45, 2.75) is 13.0 Å². The molecule has 0 bridgehead atoms. The second kappa shape index (κ2) is 8.78. The van der Waals surface area contributed by atoms with E-state index in [0.717, 1.165) is 5.56 Å². The van der Waals surface area contributed by atoms with Crippen molar-refractivity contribution in [3.63, 3.8) is 0 Å². The lowest BCUT2D eigenvalue weighted by atomic mass is 10.1. The highest BCUT2D eigenvalue weighted by Gasteiger charge is 2.25. The van der Waals surface area contributed by atoms with Gasteiger partial charge in [-0.05, 0) is 36.8 Å². The molecule has 2 amide bonds. The van der Waals surface area contributed by atoms with Gasteiger partial charge in [-0.1, -0.05) is 29.3 Å². The maximum Gasteiger partial charge on any atom is 0.289 e. The zero-order valence-electron chi connectivity index (χ0n) is 15.0. The van der Waals surface area contributed by atoms with Crippen LogP contribution in [0.15, 0.2) is 41.0 Å². The highest BCUT2D eigenvalue weighted by atomic mass is 35.5. The predicted octanol–water partition coefficient (Wildman–Crippen LogP) is 3.22. The van der Waals surface area contributed by atoms with Crippen molar-refractivity contribution in [1.29, 1.82) is 0 Å². The van der Waals surface area contributed by atoms with Gasteiger partial charge in [0.25, 0.3) is 5.91 Å². The fraction of sp³-hybridized carbons (Fsp3) is 0.368. The second-order valence-electron chi connectivity index (χ2n) is 6.50. The van der Waals surface area contributed by atoms with Gasteiger partial charge in [-0.2, -0.15) is 0 Å². The molecule has 1 aromatic carbocycles. The standard InChI is InChI=1S/C19H21Cl2N3O3/c1-13(15-5-4-14(20)11-16(15)21)22-18(25)12-23-6-8-24(9-7-23)19(26)17-3-2-10-27-17/h2-5,10-11,13H,6-9,12H2,1H3,(H,22,25)/t13-/m1/s1. The van der Waals surface area contributed by atoms with Crippen molar-refractivity contribution in [3.05, 3.63) is 58.0 Å². The van der Waals surface area contributed by atoms with E-state index in [1.165, 1.54) is 6.26 Å². The van der Waals surface area contributed by atoms with Crippen LogP contribution < -0.4 is 5.32 Å². The Bertz CT molecular complexity index is 803. The number of carbonyl (C=O) groups is 2. The van der Waals surface area contributed by atoms with Crippen LogP contribution in [0.3, 0.4) is 0 Å². The van der Waals surface area contributed by atoms with Gasteiger partial charge in [0.05, 0.1) is 18.8 Å². The summed E-state index contributed by atoms with van der Waals surface area (Å²) in [5.74, 6) is 0.143. The Hall–Kier alpha value is -2.02. The first-order valence-corrected chi connectivity index (χ1v) is 9.49. The van der Waals surface area contributed by atoms with Gasteiger partial charge >= 0.3 is 0 Å². The lowest BCUT2D eigenvalue weighted by molar-refractivity contribution is -0.123. The minimum Gasteiger partial charge on any atom is -0.459 e. The van der Waals surface area contributed by atoms with Crippen molar-refractivity contribution in [3.8, 4) is 0 Å². The summed E-state index contributed by atoms with van der Waals surface area (Å²) in [6.45, 7) is 4.55. The Balaban J connectivity index is 1.47. The summed E-state index contributed by atoms with van der Waals surface area (Å²) in [6.07, 6.45) is 1.49. The number of carbonyl (C=O) groups excluding carboxylic acids is 2. The van der Waals surface area contributed by atoms with E-state index in [1.807, 2.05) is 17.9 Å². The molecule has 0 radical (unpaired) electrons. The number of hydrogen-bond acceptors (Lipinski definition) is 4. The molecule has 2 heterocycles. The van der Waals surface area contributed by atoms with Gasteiger partial charge < -0.3 is 14.6 Å². The molecule has 0 spiro atoms. The van der Waals surface area contributed by atoms with Gasteiger partial charge in [-0.25, -0.2) is 0 Å². The van der Waals surface area contributed by atoms with E-state index in [2.05, 4.69) is 5.32 Å². The molecule has 1 saturated heterocycles. The molecule has 0 aliphatic carbocycles. The van der Waals surface area contributed by atoms with Crippen molar-refractivity contribution >= 4 is 35.0 Å². The third-order valence-electron chi connectivity index (χ3n) is 4.57. The molecule has 1 fully saturated rings. The minimum atomic E-state index is -0.218. The Morgan fingerprint density at radius 2 is 1.93 bits per heavy atom. The number of rotatable bonds is 5. The van der Waals surface area contributed by atoms with Crippen molar-refractivity contribution in [2.75, 3.05) is 32.7 Å². The molecule has 8 heteroatoms. The number of nitrogens with zero attached hydrogens (tertiary/aromatic N) is 2. The fourth-order valence-electron chi connectivity index (χ4n) is 3.09. The first-order chi connectivity index (χ1) is 12.9. The van der Waals surface area contributed by atoms with E-state index in [9.17, 15) is 9.59 Å². The van der Waals surface area contributed by atoms with Crippen LogP contribution in [0.1, 0.15) is 29.1 Å². The molecule has 1 N–H and O–H groups in total. The number of piperazine rings is 1. The zero-order chi connectivity index (χ0) is 19.4. The lowest BCUT2D eigenvalue weighted by Crippen LogP contribution is -2.51. The largest absolute Gasteiger partial charge is 0.459 e. The van der Waals surface area contributed by atoms with E-state index in [0.29, 0.717) is 42.0 Å². The van der Waals surface area contributed by atoms with E-state index >= 15 is 0 Å². The number of benzene rings is 1. The second-order valence-corrected chi connectivity index (χ2v) is 7.34. The van der Waals surface area contributed by atoms with Gasteiger partial charge in [0.15, 0.2) is 5.76 Å². The summed E-state index contributed by atoms with van der Waals surface area (Å²) in [5, 5.41) is 4.04. The molecule has 144 valence electrons. The molecule has 1 aliphatic rings. The predicted molar refractivity (Wildman–Crippen MR) is 104 cm³/mol. The Labute approximate surface area is 168 Å². The monoisotopic (exact) mass is 409 g/mol. The number of furan rings is 1. The average molecular weight is 410 g/mol. The van der Waals surface area contributed by atoms with Crippen LogP contribution in [-0.2, 0) is 4.79 Å². The summed E-state index contributed by atoms with van der Waals surface area (Å²) in [7, 11) is 0. The Kier molecular flexibility index (Phi) is 6.42. The highest BCUT2D eigenvalue weighted by Crippen LogP contribution is 2.26. The maximum absolute atomic E-state index is 12.4. The SMILES string of the molecule is C[C@@H](NC(=O)CN1CCN(C(=O)c2ccco2)CC1)c1ccc(Cl)cc1Cl. The van der Waals surface area contributed by atoms with Crippen LogP contribution in [0, 0.1) is 0 Å². The van der Waals surface area contributed by atoms with Crippen molar-refractivity contribution < 1.29 is 14.0 Å². The maximum atomic E-state index is 12.4. The first kappa shape index (κ1) is 19.7. The van der Waals surface area contributed by atoms with Crippen LogP contribution in [0.2, 0.25) is 10.0 Å². The Morgan fingerprint density at radius 3 is 2.56 bits per heavy atom. The van der Waals surface area contributed by atoms with Crippen molar-refractivity contribution in [2.24, 2.45) is 0 Å². The quantitative estimate of drug-likeness (QED) is 0.822. The van der Waals surface area contributed by atoms with E-state index in [4.69, 9.17) is 27.6 Å². The molecule has 6 nitrogen and oxygen atoms in total. The Morgan fingerprint density at radius 1 is 1.19 bits per heavy atom. The first-order valence-electron chi connectivity index (χ1n) is 8.73. The molecule has 2 aromatic rings. The normalized spacial score (nSPS) is 16.2. The van der Waals surface area contributed by atoms with Crippen LogP contribution in [0.4, 0.5) is 0 Å². The van der Waals surface area contributed by atoms with Gasteiger partial charge in [0.1, 0.15) is 0 Å². The summed E-state index contributed by atoms with van der Waals surface area (Å²) < 4.78 is 5.15. The summed E-state index contributed by atoms with van der Waals surface area (Å²) in [4.78, 5) is 28.4. The fourth-order valence-corrected chi connectivity index (χ4v) is 3.66. The topological polar surface area (TPSA) is 65.8 Å². The molecule has 1 aromatic heterocycles. The molecule has 0 saturated carbocycles. The number of hydrogen-bond donors (Lipinski definition) is 1. The number of halogens is 2. The molecule has 27 heavy (non-hydrogen) atoms. The lowest BCUT2D eigenvalue weighted by Gasteiger charge is -2.34. The van der Waals surface area contributed by atoms with Crippen LogP contribution >= 0.6 is 23.2 Å². The molecular weight excluding hydrogens is 389 g/mol. The summed E-state index contributed by atoms with van der Waals surface area (Å²) in [6, 6.07) is 8.36. The zero-order valence-corrected chi connectivity index (χ0v) is 16.5. The molecular formula is C19H21Cl2N3O3. The molecule has 0 unspecified atom stereocenters. The van der Waals surface area contributed by atoms with E-state index in [-0.39, 0.29) is 24.4 Å². The number of nitrogens with one attached hydrogen (secondary N) is 1. The smallest absolute Gasteiger partial charge is 0.289 e. The van der Waals surface area contributed by atoms with Crippen LogP contribution in [-0.4, -0.2) is 54.3 Å². The third-order valence-corrected chi connectivity index (χ3v) is 5.13. The summed E-state index contributed by atoms with van der Waals surface area (Å²) >= 11 is 12.1. The van der Waals surface area contributed by atoms with Gasteiger partial charge in [-0.3, -0.25) is 14.5 Å². The van der Waals surface area contributed by atoms with Gasteiger partial charge in [0, 0.05) is 36.2 Å². The molecule has 1 aliphatic heterocycles. The van der Waals surface area contributed by atoms with Gasteiger partial charge in [0.2, 0.25) is 5.91 Å². The molecule has 3 rings (SSSR count). The summed E-state index contributed by atoms with van der Waals surface area (Å²) in [5.41, 5.74) is 0.822.